The smallest absolute Gasteiger partial charge is 0.134 e. The third kappa shape index (κ3) is 4.23. The van der Waals surface area contributed by atoms with Crippen molar-refractivity contribution in [3.63, 3.8) is 0 Å². The second-order valence-corrected chi connectivity index (χ2v) is 4.04. The van der Waals surface area contributed by atoms with Gasteiger partial charge in [-0.15, -0.1) is 0 Å². The molecule has 0 amide bonds. The van der Waals surface area contributed by atoms with Crippen molar-refractivity contribution in [3.8, 4) is 0 Å². The average Bonchev–Trinajstić information content (AvgIpc) is 1.87. The molecule has 0 aliphatic rings. The van der Waals surface area contributed by atoms with E-state index in [1.807, 2.05) is 12.5 Å². The summed E-state index contributed by atoms with van der Waals surface area (Å²) in [6.45, 7) is 1.68. The van der Waals surface area contributed by atoms with Crippen LogP contribution in [0, 0.1) is 5.92 Å². The molecule has 3 heteroatoms. The summed E-state index contributed by atoms with van der Waals surface area (Å²) in [6.07, 6.45) is 4.08. The van der Waals surface area contributed by atoms with Crippen molar-refractivity contribution < 1.29 is 4.79 Å². The molecule has 0 aromatic rings. The summed E-state index contributed by atoms with van der Waals surface area (Å²) in [7, 11) is 0. The minimum absolute atomic E-state index is 0.269. The van der Waals surface area contributed by atoms with Gasteiger partial charge in [-0.3, -0.25) is 4.79 Å². The van der Waals surface area contributed by atoms with Gasteiger partial charge in [-0.1, -0.05) is 0 Å². The predicted molar refractivity (Wildman–Crippen MR) is 50.9 cm³/mol. The van der Waals surface area contributed by atoms with Crippen LogP contribution in [-0.4, -0.2) is 29.8 Å². The minimum atomic E-state index is 0.269. The number of carbonyl (C=O) groups excluding carboxylic acids is 1. The molecule has 0 saturated carbocycles. The van der Waals surface area contributed by atoms with E-state index in [0.717, 1.165) is 11.5 Å². The molecule has 0 aromatic heterocycles. The van der Waals surface area contributed by atoms with Gasteiger partial charge in [0.25, 0.3) is 0 Å². The average molecular weight is 178 g/mol. The Labute approximate surface area is 71.3 Å². The maximum atomic E-state index is 10.9. The second-order valence-electron chi connectivity index (χ2n) is 2.22. The largest absolute Gasteiger partial charge is 0.300 e. The standard InChI is InChI=1S/C7H14OS2/c1-6(8)7(4-9-2)5-10-3/h7H,4-5H2,1-3H3. The summed E-state index contributed by atoms with van der Waals surface area (Å²) in [5.74, 6) is 2.53. The lowest BCUT2D eigenvalue weighted by Gasteiger charge is -2.08. The van der Waals surface area contributed by atoms with Gasteiger partial charge in [0.1, 0.15) is 5.78 Å². The highest BCUT2D eigenvalue weighted by Crippen LogP contribution is 2.11. The Bertz CT molecular complexity index is 97.8. The molecule has 0 aliphatic carbocycles. The van der Waals surface area contributed by atoms with Crippen LogP contribution in [0.3, 0.4) is 0 Å². The van der Waals surface area contributed by atoms with Crippen molar-refractivity contribution in [2.75, 3.05) is 24.0 Å². The van der Waals surface area contributed by atoms with Crippen LogP contribution in [-0.2, 0) is 4.79 Å². The summed E-state index contributed by atoms with van der Waals surface area (Å²) in [4.78, 5) is 10.9. The van der Waals surface area contributed by atoms with Crippen molar-refractivity contribution in [1.82, 2.24) is 0 Å². The van der Waals surface area contributed by atoms with Crippen LogP contribution in [0.4, 0.5) is 0 Å². The van der Waals surface area contributed by atoms with E-state index in [-0.39, 0.29) is 5.92 Å². The topological polar surface area (TPSA) is 17.1 Å². The predicted octanol–water partition coefficient (Wildman–Crippen LogP) is 1.92. The summed E-state index contributed by atoms with van der Waals surface area (Å²) in [5, 5.41) is 0. The van der Waals surface area contributed by atoms with Crippen LogP contribution >= 0.6 is 23.5 Å². The molecule has 60 valence electrons. The van der Waals surface area contributed by atoms with Crippen molar-refractivity contribution in [1.29, 1.82) is 0 Å². The Hall–Kier alpha value is 0.370. The highest BCUT2D eigenvalue weighted by molar-refractivity contribution is 7.99. The Balaban J connectivity index is 3.61. The fraction of sp³-hybridized carbons (Fsp3) is 0.857. The zero-order valence-corrected chi connectivity index (χ0v) is 8.35. The third-order valence-electron chi connectivity index (χ3n) is 1.31. The van der Waals surface area contributed by atoms with Gasteiger partial charge in [-0.05, 0) is 19.4 Å². The summed E-state index contributed by atoms with van der Waals surface area (Å²) in [5.41, 5.74) is 0. The molecule has 0 saturated heterocycles. The van der Waals surface area contributed by atoms with E-state index < -0.39 is 0 Å². The number of carbonyl (C=O) groups is 1. The van der Waals surface area contributed by atoms with Crippen molar-refractivity contribution in [2.24, 2.45) is 5.92 Å². The molecule has 1 nitrogen and oxygen atoms in total. The van der Waals surface area contributed by atoms with Gasteiger partial charge in [-0.2, -0.15) is 23.5 Å². The lowest BCUT2D eigenvalue weighted by molar-refractivity contribution is -0.119. The molecule has 0 N–H and O–H groups in total. The SMILES string of the molecule is CSCC(CSC)C(C)=O. The van der Waals surface area contributed by atoms with Crippen LogP contribution in [0.1, 0.15) is 6.92 Å². The molecular formula is C7H14OS2. The van der Waals surface area contributed by atoms with E-state index in [9.17, 15) is 4.79 Å². The quantitative estimate of drug-likeness (QED) is 0.640. The Morgan fingerprint density at radius 2 is 1.70 bits per heavy atom. The molecule has 10 heavy (non-hydrogen) atoms. The normalized spacial score (nSPS) is 10.4. The van der Waals surface area contributed by atoms with Crippen LogP contribution in [0.5, 0.6) is 0 Å². The van der Waals surface area contributed by atoms with Gasteiger partial charge >= 0.3 is 0 Å². The Morgan fingerprint density at radius 1 is 1.30 bits per heavy atom. The summed E-state index contributed by atoms with van der Waals surface area (Å²) in [6, 6.07) is 0. The zero-order chi connectivity index (χ0) is 7.98. The molecule has 0 radical (unpaired) electrons. The molecule has 0 fully saturated rings. The highest BCUT2D eigenvalue weighted by Gasteiger charge is 2.11. The number of thioether (sulfide) groups is 2. The monoisotopic (exact) mass is 178 g/mol. The van der Waals surface area contributed by atoms with Gasteiger partial charge in [-0.25, -0.2) is 0 Å². The van der Waals surface area contributed by atoms with E-state index in [0.29, 0.717) is 5.78 Å². The van der Waals surface area contributed by atoms with Crippen molar-refractivity contribution in [3.05, 3.63) is 0 Å². The third-order valence-corrected chi connectivity index (χ3v) is 2.78. The van der Waals surface area contributed by atoms with Gasteiger partial charge in [0.05, 0.1) is 0 Å². The molecule has 0 atom stereocenters. The lowest BCUT2D eigenvalue weighted by atomic mass is 10.1. The van der Waals surface area contributed by atoms with Crippen LogP contribution in [0.2, 0.25) is 0 Å². The van der Waals surface area contributed by atoms with Gasteiger partial charge in [0, 0.05) is 17.4 Å². The van der Waals surface area contributed by atoms with E-state index >= 15 is 0 Å². The first-order valence-electron chi connectivity index (χ1n) is 3.20. The van der Waals surface area contributed by atoms with Crippen LogP contribution in [0.25, 0.3) is 0 Å². The highest BCUT2D eigenvalue weighted by atomic mass is 32.2. The zero-order valence-electron chi connectivity index (χ0n) is 6.72. The molecule has 0 unspecified atom stereocenters. The van der Waals surface area contributed by atoms with E-state index in [4.69, 9.17) is 0 Å². The number of Topliss-reactive ketones (excluding diaryl/α,β-unsaturated/α-hetero) is 1. The molecule has 0 aliphatic heterocycles. The summed E-state index contributed by atoms with van der Waals surface area (Å²) < 4.78 is 0. The molecule has 0 heterocycles. The Kier molecular flexibility index (Phi) is 6.33. The Morgan fingerprint density at radius 3 is 1.90 bits per heavy atom. The van der Waals surface area contributed by atoms with E-state index in [1.54, 1.807) is 30.4 Å². The van der Waals surface area contributed by atoms with Gasteiger partial charge in [0.2, 0.25) is 0 Å². The summed E-state index contributed by atoms with van der Waals surface area (Å²) >= 11 is 3.49. The molecule has 0 rings (SSSR count). The first kappa shape index (κ1) is 10.4. The molecular weight excluding hydrogens is 164 g/mol. The van der Waals surface area contributed by atoms with Crippen LogP contribution in [0.15, 0.2) is 0 Å². The number of hydrogen-bond donors (Lipinski definition) is 0. The second kappa shape index (κ2) is 6.10. The van der Waals surface area contributed by atoms with Gasteiger partial charge < -0.3 is 0 Å². The fourth-order valence-electron chi connectivity index (χ4n) is 0.685. The minimum Gasteiger partial charge on any atom is -0.300 e. The number of ketones is 1. The van der Waals surface area contributed by atoms with E-state index in [1.165, 1.54) is 0 Å². The molecule has 0 bridgehead atoms. The molecule has 0 spiro atoms. The lowest BCUT2D eigenvalue weighted by Crippen LogP contribution is -2.16. The fourth-order valence-corrected chi connectivity index (χ4v) is 2.34. The first-order chi connectivity index (χ1) is 4.72. The number of rotatable bonds is 5. The van der Waals surface area contributed by atoms with Crippen molar-refractivity contribution >= 4 is 29.3 Å². The first-order valence-corrected chi connectivity index (χ1v) is 5.99. The maximum Gasteiger partial charge on any atom is 0.134 e. The van der Waals surface area contributed by atoms with E-state index in [2.05, 4.69) is 0 Å². The van der Waals surface area contributed by atoms with Gasteiger partial charge in [0.15, 0.2) is 0 Å². The maximum absolute atomic E-state index is 10.9. The molecule has 0 aromatic carbocycles. The van der Waals surface area contributed by atoms with Crippen LogP contribution < -0.4 is 0 Å². The number of hydrogen-bond acceptors (Lipinski definition) is 3. The van der Waals surface area contributed by atoms with Crippen molar-refractivity contribution in [2.45, 2.75) is 6.92 Å².